The van der Waals surface area contributed by atoms with Gasteiger partial charge in [-0.2, -0.15) is 8.78 Å². The lowest BCUT2D eigenvalue weighted by Gasteiger charge is -2.46. The summed E-state index contributed by atoms with van der Waals surface area (Å²) >= 11 is 0. The monoisotopic (exact) mass is 294 g/mol. The summed E-state index contributed by atoms with van der Waals surface area (Å²) in [5.74, 6) is 0.738. The summed E-state index contributed by atoms with van der Waals surface area (Å²) in [4.78, 5) is 0. The van der Waals surface area contributed by atoms with Crippen molar-refractivity contribution in [3.8, 4) is 0 Å². The maximum absolute atomic E-state index is 12.4. The quantitative estimate of drug-likeness (QED) is 0.877. The number of ether oxygens (including phenoxy) is 1. The smallest absolute Gasteiger partial charge is 0.345 e. The van der Waals surface area contributed by atoms with E-state index in [1.165, 1.54) is 0 Å². The minimum absolute atomic E-state index is 0.438. The van der Waals surface area contributed by atoms with Crippen molar-refractivity contribution in [3.63, 3.8) is 0 Å². The van der Waals surface area contributed by atoms with Gasteiger partial charge in [0.1, 0.15) is 12.2 Å². The molecule has 5 nitrogen and oxygen atoms in total. The average Bonchev–Trinajstić information content (AvgIpc) is 2.79. The van der Waals surface area contributed by atoms with E-state index < -0.39 is 18.1 Å². The van der Waals surface area contributed by atoms with E-state index in [-0.39, 0.29) is 0 Å². The van der Waals surface area contributed by atoms with Gasteiger partial charge in [0, 0.05) is 12.7 Å². The molecule has 3 rings (SSSR count). The molecule has 1 heterocycles. The maximum atomic E-state index is 12.4. The van der Waals surface area contributed by atoms with E-state index >= 15 is 0 Å². The van der Waals surface area contributed by atoms with Crippen LogP contribution < -0.4 is 5.73 Å². The van der Waals surface area contributed by atoms with Crippen LogP contribution in [0.1, 0.15) is 24.2 Å². The lowest BCUT2D eigenvalue weighted by molar-refractivity contribution is -0.192. The van der Waals surface area contributed by atoms with Gasteiger partial charge in [-0.05, 0) is 30.5 Å². The summed E-state index contributed by atoms with van der Waals surface area (Å²) in [5, 5.41) is 8.06. The zero-order valence-corrected chi connectivity index (χ0v) is 11.5. The number of nitrogens with zero attached hydrogens (tertiary/aromatic N) is 3. The van der Waals surface area contributed by atoms with Gasteiger partial charge in [-0.25, -0.2) is 0 Å². The minimum atomic E-state index is -2.76. The fourth-order valence-corrected chi connectivity index (χ4v) is 3.06. The molecule has 112 valence electrons. The number of hydrogen-bond acceptors (Lipinski definition) is 4. The largest absolute Gasteiger partial charge is 0.399 e. The van der Waals surface area contributed by atoms with Crippen LogP contribution in [0.25, 0.3) is 0 Å². The molecule has 7 heteroatoms. The highest BCUT2D eigenvalue weighted by atomic mass is 19.3. The molecule has 0 radical (unpaired) electrons. The third kappa shape index (κ3) is 2.37. The normalized spacial score (nSPS) is 25.0. The van der Waals surface area contributed by atoms with Crippen LogP contribution in [0.15, 0.2) is 30.6 Å². The Morgan fingerprint density at radius 2 is 2.19 bits per heavy atom. The van der Waals surface area contributed by atoms with E-state index in [2.05, 4.69) is 14.9 Å². The van der Waals surface area contributed by atoms with Crippen LogP contribution in [0.4, 0.5) is 14.5 Å². The number of rotatable bonds is 4. The molecule has 0 saturated heterocycles. The van der Waals surface area contributed by atoms with Gasteiger partial charge in [-0.3, -0.25) is 0 Å². The molecular formula is C14H16F2N4O. The van der Waals surface area contributed by atoms with Crippen molar-refractivity contribution >= 4 is 5.69 Å². The van der Waals surface area contributed by atoms with Crippen molar-refractivity contribution in [1.82, 2.24) is 14.8 Å². The SMILES string of the molecule is Cn1cnnc1C1(c2cccc(N)c2)CC(OC(F)F)C1. The minimum Gasteiger partial charge on any atom is -0.399 e. The number of nitrogen functional groups attached to an aromatic ring is 1. The average molecular weight is 294 g/mol. The zero-order valence-electron chi connectivity index (χ0n) is 11.5. The summed E-state index contributed by atoms with van der Waals surface area (Å²) in [5.41, 5.74) is 6.96. The van der Waals surface area contributed by atoms with E-state index in [1.807, 2.05) is 29.8 Å². The second-order valence-corrected chi connectivity index (χ2v) is 5.40. The molecule has 0 aliphatic heterocycles. The van der Waals surface area contributed by atoms with Gasteiger partial charge in [-0.1, -0.05) is 12.1 Å². The number of hydrogen-bond donors (Lipinski definition) is 1. The van der Waals surface area contributed by atoms with Gasteiger partial charge in [-0.15, -0.1) is 10.2 Å². The molecule has 0 atom stereocenters. The third-order valence-corrected chi connectivity index (χ3v) is 4.03. The highest BCUT2D eigenvalue weighted by Crippen LogP contribution is 2.50. The molecule has 2 N–H and O–H groups in total. The van der Waals surface area contributed by atoms with Crippen molar-refractivity contribution in [2.24, 2.45) is 7.05 Å². The molecule has 0 bridgehead atoms. The summed E-state index contributed by atoms with van der Waals surface area (Å²) in [6.07, 6.45) is 1.99. The van der Waals surface area contributed by atoms with Gasteiger partial charge in [0.05, 0.1) is 11.5 Å². The first-order chi connectivity index (χ1) is 10.0. The fraction of sp³-hybridized carbons (Fsp3) is 0.429. The first-order valence-corrected chi connectivity index (χ1v) is 6.65. The Balaban J connectivity index is 1.96. The second kappa shape index (κ2) is 5.07. The summed E-state index contributed by atoms with van der Waals surface area (Å²) in [6, 6.07) is 7.43. The Labute approximate surface area is 120 Å². The Morgan fingerprint density at radius 1 is 1.43 bits per heavy atom. The lowest BCUT2D eigenvalue weighted by Crippen LogP contribution is -2.49. The molecule has 0 amide bonds. The highest BCUT2D eigenvalue weighted by molar-refractivity contribution is 5.47. The van der Waals surface area contributed by atoms with Crippen LogP contribution in [-0.4, -0.2) is 27.5 Å². The molecule has 1 saturated carbocycles. The second-order valence-electron chi connectivity index (χ2n) is 5.40. The van der Waals surface area contributed by atoms with Crippen LogP contribution in [0.2, 0.25) is 0 Å². The number of nitrogens with two attached hydrogens (primary N) is 1. The predicted molar refractivity (Wildman–Crippen MR) is 72.7 cm³/mol. The van der Waals surface area contributed by atoms with Crippen molar-refractivity contribution in [2.45, 2.75) is 31.0 Å². The Hall–Kier alpha value is -2.02. The molecular weight excluding hydrogens is 278 g/mol. The van der Waals surface area contributed by atoms with Crippen molar-refractivity contribution in [3.05, 3.63) is 42.0 Å². The number of benzene rings is 1. The summed E-state index contributed by atoms with van der Waals surface area (Å²) in [7, 11) is 1.84. The van der Waals surface area contributed by atoms with E-state index in [1.54, 1.807) is 12.4 Å². The van der Waals surface area contributed by atoms with Crippen LogP contribution in [0.3, 0.4) is 0 Å². The third-order valence-electron chi connectivity index (χ3n) is 4.03. The molecule has 0 unspecified atom stereocenters. The van der Waals surface area contributed by atoms with Crippen molar-refractivity contribution in [2.75, 3.05) is 5.73 Å². The number of halogens is 2. The fourth-order valence-electron chi connectivity index (χ4n) is 3.06. The van der Waals surface area contributed by atoms with Gasteiger partial charge < -0.3 is 15.0 Å². The van der Waals surface area contributed by atoms with Crippen LogP contribution >= 0.6 is 0 Å². The lowest BCUT2D eigenvalue weighted by atomic mass is 9.62. The number of aryl methyl sites for hydroxylation is 1. The molecule has 0 spiro atoms. The van der Waals surface area contributed by atoms with Gasteiger partial charge in [0.2, 0.25) is 0 Å². The van der Waals surface area contributed by atoms with Crippen LogP contribution in [0, 0.1) is 0 Å². The standard InChI is InChI=1S/C14H16F2N4O/c1-20-8-18-19-12(20)14(6-11(7-14)21-13(15)16)9-3-2-4-10(17)5-9/h2-5,8,11,13H,6-7,17H2,1H3. The molecule has 1 fully saturated rings. The first-order valence-electron chi connectivity index (χ1n) is 6.65. The Bertz CT molecular complexity index is 637. The molecule has 1 aromatic carbocycles. The predicted octanol–water partition coefficient (Wildman–Crippen LogP) is 2.08. The van der Waals surface area contributed by atoms with Crippen LogP contribution in [0.5, 0.6) is 0 Å². The molecule has 2 aromatic rings. The van der Waals surface area contributed by atoms with Crippen molar-refractivity contribution < 1.29 is 13.5 Å². The van der Waals surface area contributed by atoms with Gasteiger partial charge in [0.25, 0.3) is 0 Å². The first kappa shape index (κ1) is 13.9. The molecule has 1 aliphatic rings. The van der Waals surface area contributed by atoms with Crippen molar-refractivity contribution in [1.29, 1.82) is 0 Å². The molecule has 21 heavy (non-hydrogen) atoms. The van der Waals surface area contributed by atoms with E-state index in [9.17, 15) is 8.78 Å². The summed E-state index contributed by atoms with van der Waals surface area (Å²) < 4.78 is 31.2. The Morgan fingerprint density at radius 3 is 2.76 bits per heavy atom. The summed E-state index contributed by atoms with van der Waals surface area (Å²) in [6.45, 7) is -2.76. The number of anilines is 1. The van der Waals surface area contributed by atoms with Crippen LogP contribution in [-0.2, 0) is 17.2 Å². The molecule has 1 aromatic heterocycles. The van der Waals surface area contributed by atoms with Gasteiger partial charge >= 0.3 is 6.61 Å². The van der Waals surface area contributed by atoms with E-state index in [0.29, 0.717) is 18.5 Å². The number of aromatic nitrogens is 3. The maximum Gasteiger partial charge on any atom is 0.345 e. The molecule has 1 aliphatic carbocycles. The van der Waals surface area contributed by atoms with E-state index in [0.717, 1.165) is 11.4 Å². The topological polar surface area (TPSA) is 66.0 Å². The van der Waals surface area contributed by atoms with E-state index in [4.69, 9.17) is 5.73 Å². The zero-order chi connectivity index (χ0) is 15.0. The Kier molecular flexibility index (Phi) is 3.36. The highest BCUT2D eigenvalue weighted by Gasteiger charge is 2.51. The van der Waals surface area contributed by atoms with Gasteiger partial charge in [0.15, 0.2) is 0 Å². The number of alkyl halides is 2.